The molecule has 0 amide bonds. The van der Waals surface area contributed by atoms with Crippen LogP contribution in [0.4, 0.5) is 15.8 Å². The van der Waals surface area contributed by atoms with Gasteiger partial charge in [0.25, 0.3) is 0 Å². The summed E-state index contributed by atoms with van der Waals surface area (Å²) in [6.45, 7) is 0.579. The summed E-state index contributed by atoms with van der Waals surface area (Å²) in [7, 11) is 0. The third-order valence-electron chi connectivity index (χ3n) is 1.68. The first-order valence-corrected chi connectivity index (χ1v) is 3.35. The van der Waals surface area contributed by atoms with Crippen LogP contribution in [-0.2, 0) is 0 Å². The molecule has 0 saturated carbocycles. The topological polar surface area (TPSA) is 16.8 Å². The van der Waals surface area contributed by atoms with Gasteiger partial charge < -0.3 is 16.7 Å². The molecule has 2 rings (SSSR count). The fraction of sp³-hybridized carbons (Fsp3) is 0. The Kier molecular flexibility index (Phi) is 46.1. The largest absolute Gasteiger partial charge is 1.00 e. The quantitative estimate of drug-likeness (QED) is 0.247. The number of halogens is 1. The molecule has 0 aromatic heterocycles. The summed E-state index contributed by atoms with van der Waals surface area (Å²) in [6, 6.07) is 7.48. The molecule has 0 spiro atoms. The number of benzene rings is 1. The van der Waals surface area contributed by atoms with Crippen molar-refractivity contribution in [2.45, 2.75) is 0 Å². The Bertz CT molecular complexity index is 311. The van der Waals surface area contributed by atoms with Crippen molar-refractivity contribution in [2.24, 2.45) is 4.99 Å². The molecule has 1 aliphatic rings. The third kappa shape index (κ3) is 12.7. The molecule has 8 heteroatoms. The van der Waals surface area contributed by atoms with Crippen LogP contribution >= 0.6 is 0 Å². The molecular formula is C9H10FN2Rb5+4. The first kappa shape index (κ1) is 35.8. The van der Waals surface area contributed by atoms with Gasteiger partial charge in [0.2, 0.25) is 0 Å². The van der Waals surface area contributed by atoms with Crippen molar-refractivity contribution in [3.8, 4) is 0 Å². The molecule has 17 heavy (non-hydrogen) atoms. The number of quaternary nitrogens is 1. The van der Waals surface area contributed by atoms with Gasteiger partial charge in [-0.2, -0.15) is 4.99 Å². The molecule has 1 unspecified atom stereocenters. The van der Waals surface area contributed by atoms with Gasteiger partial charge in [-0.05, 0) is 12.1 Å². The molecule has 1 aliphatic heterocycles. The smallest absolute Gasteiger partial charge is 0.392 e. The summed E-state index contributed by atoms with van der Waals surface area (Å²) < 4.78 is 12.1. The van der Waals surface area contributed by atoms with E-state index in [2.05, 4.69) is 4.99 Å². The van der Waals surface area contributed by atoms with Crippen molar-refractivity contribution >= 4 is 17.7 Å². The molecule has 2 nitrogen and oxygen atoms in total. The van der Waals surface area contributed by atoms with Gasteiger partial charge in [0.05, 0.1) is 0 Å². The SMILES string of the molecule is F[CH-][NH+]1C=Nc2ccccc21.[CH3-].[Rb+].[Rb+].[Rb+].[Rb+].[Rb+]. The number of fused-ring (bicyclic) bond motifs is 1. The van der Waals surface area contributed by atoms with Crippen LogP contribution in [0.3, 0.4) is 0 Å². The Morgan fingerprint density at radius 3 is 2.06 bits per heavy atom. The molecule has 0 radical (unpaired) electrons. The van der Waals surface area contributed by atoms with E-state index in [-0.39, 0.29) is 298 Å². The molecule has 1 heterocycles. The van der Waals surface area contributed by atoms with Crippen LogP contribution in [0.1, 0.15) is 0 Å². The third-order valence-corrected chi connectivity index (χ3v) is 1.68. The first-order chi connectivity index (χ1) is 5.42. The van der Waals surface area contributed by atoms with E-state index in [9.17, 15) is 4.39 Å². The number of hydrogen-bond donors (Lipinski definition) is 1. The molecule has 0 aliphatic carbocycles. The Balaban J connectivity index is -0.0000000800. The minimum Gasteiger partial charge on any atom is -0.392 e. The zero-order valence-electron chi connectivity index (χ0n) is 11.8. The van der Waals surface area contributed by atoms with E-state index in [1.165, 1.54) is 6.34 Å². The standard InChI is InChI=1S/C8H7FN2.CH3.5Rb/c9-5-11-6-10-7-3-1-2-4-8(7)11;;;;;;/h1-6,11H;1H3;;;;;/q;-1;5*+1. The molecule has 0 saturated heterocycles. The Morgan fingerprint density at radius 2 is 1.53 bits per heavy atom. The summed E-state index contributed by atoms with van der Waals surface area (Å²) >= 11 is 0. The van der Waals surface area contributed by atoms with Gasteiger partial charge in [0, 0.05) is 6.80 Å². The molecule has 1 aromatic rings. The Morgan fingerprint density at radius 1 is 1.00 bits per heavy atom. The van der Waals surface area contributed by atoms with Gasteiger partial charge in [0.15, 0.2) is 6.34 Å². The number of hydrogen-bond acceptors (Lipinski definition) is 1. The van der Waals surface area contributed by atoms with Crippen LogP contribution in [0.2, 0.25) is 0 Å². The van der Waals surface area contributed by atoms with E-state index in [1.54, 1.807) is 0 Å². The molecule has 0 fully saturated rings. The fourth-order valence-corrected chi connectivity index (χ4v) is 1.13. The Labute approximate surface area is 348 Å². The van der Waals surface area contributed by atoms with Crippen LogP contribution in [0.5, 0.6) is 0 Å². The molecule has 1 aromatic carbocycles. The number of para-hydroxylation sites is 2. The number of aliphatic imine (C=N–C) groups is 1. The molecular weight excluding hydrogens is 582 g/mol. The number of nitrogens with zero attached hydrogens (tertiary/aromatic N) is 1. The monoisotopic (exact) mass is 590 g/mol. The van der Waals surface area contributed by atoms with Crippen LogP contribution in [0.15, 0.2) is 29.3 Å². The van der Waals surface area contributed by atoms with Gasteiger partial charge in [-0.15, -0.1) is 0 Å². The van der Waals surface area contributed by atoms with Crippen molar-refractivity contribution in [1.29, 1.82) is 0 Å². The summed E-state index contributed by atoms with van der Waals surface area (Å²) in [6.07, 6.45) is 1.53. The second kappa shape index (κ2) is 21.8. The molecule has 0 bridgehead atoms. The fourth-order valence-electron chi connectivity index (χ4n) is 1.13. The van der Waals surface area contributed by atoms with Crippen molar-refractivity contribution in [3.63, 3.8) is 0 Å². The van der Waals surface area contributed by atoms with Crippen LogP contribution in [-0.4, -0.2) is 6.34 Å². The van der Waals surface area contributed by atoms with Crippen molar-refractivity contribution in [1.82, 2.24) is 0 Å². The average molecular weight is 593 g/mol. The van der Waals surface area contributed by atoms with Crippen LogP contribution < -0.4 is 296 Å². The van der Waals surface area contributed by atoms with Gasteiger partial charge >= 0.3 is 291 Å². The molecule has 1 N–H and O–H groups in total. The van der Waals surface area contributed by atoms with E-state index in [0.29, 0.717) is 11.7 Å². The minimum absolute atomic E-state index is 0. The predicted octanol–water partition coefficient (Wildman–Crippen LogP) is -13.6. The van der Waals surface area contributed by atoms with Gasteiger partial charge in [-0.25, -0.2) is 0 Å². The second-order valence-corrected chi connectivity index (χ2v) is 2.34. The average Bonchev–Trinajstić information content (AvgIpc) is 2.47. The van der Waals surface area contributed by atoms with E-state index < -0.39 is 0 Å². The van der Waals surface area contributed by atoms with E-state index in [1.807, 2.05) is 24.3 Å². The number of rotatable bonds is 1. The normalized spacial score (nSPS) is 13.1. The second-order valence-electron chi connectivity index (χ2n) is 2.34. The van der Waals surface area contributed by atoms with E-state index >= 15 is 0 Å². The summed E-state index contributed by atoms with van der Waals surface area (Å²) in [4.78, 5) is 4.57. The van der Waals surface area contributed by atoms with Gasteiger partial charge in [0.1, 0.15) is 11.4 Å². The Hall–Kier alpha value is 7.81. The van der Waals surface area contributed by atoms with E-state index in [0.717, 1.165) is 11.4 Å². The number of nitrogens with one attached hydrogen (secondary N) is 1. The minimum atomic E-state index is 0. The molecule has 1 atom stereocenters. The summed E-state index contributed by atoms with van der Waals surface area (Å²) in [5.41, 5.74) is 1.71. The zero-order chi connectivity index (χ0) is 7.68. The van der Waals surface area contributed by atoms with Crippen molar-refractivity contribution in [2.75, 3.05) is 0 Å². The summed E-state index contributed by atoms with van der Waals surface area (Å²) in [5, 5.41) is 0. The maximum absolute atomic E-state index is 12.1. The van der Waals surface area contributed by atoms with E-state index in [4.69, 9.17) is 0 Å². The van der Waals surface area contributed by atoms with Crippen LogP contribution in [0, 0.1) is 14.2 Å². The summed E-state index contributed by atoms with van der Waals surface area (Å²) in [5.74, 6) is 0. The predicted molar refractivity (Wildman–Crippen MR) is 47.0 cm³/mol. The van der Waals surface area contributed by atoms with Crippen molar-refractivity contribution in [3.05, 3.63) is 38.5 Å². The van der Waals surface area contributed by atoms with Gasteiger partial charge in [-0.1, -0.05) is 12.1 Å². The maximum atomic E-state index is 12.1. The maximum Gasteiger partial charge on any atom is 1.00 e. The van der Waals surface area contributed by atoms with Crippen molar-refractivity contribution < 1.29 is 300 Å². The van der Waals surface area contributed by atoms with Gasteiger partial charge in [-0.3, -0.25) is 0 Å². The zero-order valence-corrected chi connectivity index (χ0v) is 36.4. The van der Waals surface area contributed by atoms with Crippen LogP contribution in [0.25, 0.3) is 0 Å². The first-order valence-electron chi connectivity index (χ1n) is 3.35. The molecule has 64 valence electrons.